The molecule has 1 amide bonds. The molecular weight excluding hydrogens is 558 g/mol. The molecule has 0 bridgehead atoms. The lowest BCUT2D eigenvalue weighted by Crippen LogP contribution is -2.34. The van der Waals surface area contributed by atoms with Gasteiger partial charge in [0.15, 0.2) is 11.5 Å². The summed E-state index contributed by atoms with van der Waals surface area (Å²) < 4.78 is 10.5. The van der Waals surface area contributed by atoms with Crippen molar-refractivity contribution >= 4 is 40.8 Å². The van der Waals surface area contributed by atoms with Crippen molar-refractivity contribution in [2.45, 2.75) is 25.7 Å². The topological polar surface area (TPSA) is 106 Å². The van der Waals surface area contributed by atoms with Crippen molar-refractivity contribution < 1.29 is 28.7 Å². The van der Waals surface area contributed by atoms with Crippen LogP contribution in [0.2, 0.25) is 5.02 Å². The van der Waals surface area contributed by atoms with Crippen molar-refractivity contribution in [2.24, 2.45) is 0 Å². The number of carbonyl (C=O) groups is 3. The molecule has 0 fully saturated rings. The average Bonchev–Trinajstić information content (AvgIpc) is 3.15. The van der Waals surface area contributed by atoms with Gasteiger partial charge in [-0.3, -0.25) is 4.79 Å². The maximum Gasteiger partial charge on any atom is 0.336 e. The molecule has 2 heterocycles. The van der Waals surface area contributed by atoms with Crippen LogP contribution < -0.4 is 20.5 Å². The summed E-state index contributed by atoms with van der Waals surface area (Å²) in [7, 11) is 0. The van der Waals surface area contributed by atoms with Crippen LogP contribution in [0.3, 0.4) is 0 Å². The van der Waals surface area contributed by atoms with Gasteiger partial charge >= 0.3 is 17.8 Å². The summed E-state index contributed by atoms with van der Waals surface area (Å²) in [6, 6.07) is 23.0. The zero-order valence-electron chi connectivity index (χ0n) is 22.8. The zero-order valence-corrected chi connectivity index (χ0v) is 23.6. The second-order valence-electron chi connectivity index (χ2n) is 9.71. The summed E-state index contributed by atoms with van der Waals surface area (Å²) >= 11 is 6.38. The number of hydroxylamine groups is 1. The molecule has 9 nitrogen and oxygen atoms in total. The molecule has 0 unspecified atom stereocenters. The summed E-state index contributed by atoms with van der Waals surface area (Å²) in [5.41, 5.74) is 7.08. The number of hydrogen-bond acceptors (Lipinski definition) is 8. The van der Waals surface area contributed by atoms with Gasteiger partial charge in [0.25, 0.3) is 0 Å². The number of nitrogens with zero attached hydrogens (tertiary/aromatic N) is 1. The lowest BCUT2D eigenvalue weighted by molar-refractivity contribution is -0.144. The van der Waals surface area contributed by atoms with E-state index in [1.807, 2.05) is 18.2 Å². The Morgan fingerprint density at radius 1 is 0.857 bits per heavy atom. The molecule has 0 aromatic heterocycles. The number of aryl methyl sites for hydroxylation is 2. The molecule has 0 radical (unpaired) electrons. The Morgan fingerprint density at radius 2 is 1.57 bits per heavy atom. The molecule has 0 atom stereocenters. The second kappa shape index (κ2) is 13.8. The van der Waals surface area contributed by atoms with E-state index in [1.54, 1.807) is 30.3 Å². The van der Waals surface area contributed by atoms with Crippen LogP contribution >= 0.6 is 11.6 Å². The third-order valence-corrected chi connectivity index (χ3v) is 7.04. The van der Waals surface area contributed by atoms with Crippen LogP contribution in [0.15, 0.2) is 96.5 Å². The minimum absolute atomic E-state index is 0.0219. The Morgan fingerprint density at radius 3 is 2.38 bits per heavy atom. The molecule has 2 N–H and O–H groups in total. The van der Waals surface area contributed by atoms with Gasteiger partial charge in [0.1, 0.15) is 0 Å². The third-order valence-electron chi connectivity index (χ3n) is 6.80. The maximum absolute atomic E-state index is 12.8. The highest BCUT2D eigenvalue weighted by Crippen LogP contribution is 2.37. The molecule has 216 valence electrons. The van der Waals surface area contributed by atoms with Crippen LogP contribution in [0, 0.1) is 0 Å². The quantitative estimate of drug-likeness (QED) is 0.196. The number of ether oxygens (including phenoxy) is 2. The van der Waals surface area contributed by atoms with Crippen molar-refractivity contribution in [3.63, 3.8) is 0 Å². The number of halogens is 1. The largest absolute Gasteiger partial charge is 0.422 e. The van der Waals surface area contributed by atoms with Gasteiger partial charge in [0.05, 0.1) is 6.54 Å². The van der Waals surface area contributed by atoms with E-state index >= 15 is 0 Å². The Balaban J connectivity index is 1.21. The van der Waals surface area contributed by atoms with Gasteiger partial charge in [-0.15, -0.1) is 0 Å². The number of hydrogen-bond donors (Lipinski definition) is 2. The normalized spacial score (nSPS) is 17.0. The molecule has 3 aromatic carbocycles. The van der Waals surface area contributed by atoms with Crippen molar-refractivity contribution in [3.05, 3.63) is 113 Å². The second-order valence-corrected chi connectivity index (χ2v) is 10.1. The van der Waals surface area contributed by atoms with Gasteiger partial charge in [-0.1, -0.05) is 54.1 Å². The third kappa shape index (κ3) is 7.37. The first-order valence-corrected chi connectivity index (χ1v) is 14.1. The molecule has 2 aliphatic rings. The van der Waals surface area contributed by atoms with Crippen molar-refractivity contribution in [2.75, 3.05) is 24.5 Å². The van der Waals surface area contributed by atoms with E-state index in [9.17, 15) is 14.4 Å². The van der Waals surface area contributed by atoms with Gasteiger partial charge < -0.3 is 24.5 Å². The molecule has 3 aromatic rings. The highest BCUT2D eigenvalue weighted by Gasteiger charge is 2.26. The fraction of sp³-hybridized carbons (Fsp3) is 0.219. The first kappa shape index (κ1) is 28.9. The molecule has 0 spiro atoms. The lowest BCUT2D eigenvalue weighted by Gasteiger charge is -2.27. The predicted molar refractivity (Wildman–Crippen MR) is 158 cm³/mol. The lowest BCUT2D eigenvalue weighted by atomic mass is 10.0. The van der Waals surface area contributed by atoms with Crippen molar-refractivity contribution in [1.82, 2.24) is 10.8 Å². The molecular formula is C32H30ClN3O6. The number of benzene rings is 3. The van der Waals surface area contributed by atoms with E-state index in [-0.39, 0.29) is 12.3 Å². The van der Waals surface area contributed by atoms with E-state index < -0.39 is 23.6 Å². The number of rotatable bonds is 10. The van der Waals surface area contributed by atoms with E-state index in [0.29, 0.717) is 17.3 Å². The van der Waals surface area contributed by atoms with E-state index in [0.717, 1.165) is 50.1 Å². The smallest absolute Gasteiger partial charge is 0.336 e. The molecule has 10 heteroatoms. The highest BCUT2D eigenvalue weighted by atomic mass is 35.5. The van der Waals surface area contributed by atoms with Crippen LogP contribution in [0.4, 0.5) is 11.4 Å². The Bertz CT molecular complexity index is 1520. The highest BCUT2D eigenvalue weighted by molar-refractivity contribution is 6.30. The van der Waals surface area contributed by atoms with Gasteiger partial charge in [0, 0.05) is 35.1 Å². The van der Waals surface area contributed by atoms with Crippen molar-refractivity contribution in [3.8, 4) is 5.75 Å². The van der Waals surface area contributed by atoms with E-state index in [4.69, 9.17) is 25.9 Å². The number of amides is 1. The van der Waals surface area contributed by atoms with Crippen LogP contribution in [0.1, 0.15) is 24.0 Å². The first-order chi connectivity index (χ1) is 20.5. The molecule has 42 heavy (non-hydrogen) atoms. The summed E-state index contributed by atoms with van der Waals surface area (Å²) in [5.74, 6) is -2.77. The number of para-hydroxylation sites is 2. The number of carbonyl (C=O) groups excluding carboxylic acids is 3. The molecule has 0 saturated carbocycles. The number of fused-ring (bicyclic) bond motifs is 2. The molecule has 0 saturated heterocycles. The monoisotopic (exact) mass is 587 g/mol. The molecule has 2 aliphatic heterocycles. The van der Waals surface area contributed by atoms with Gasteiger partial charge in [-0.2, -0.15) is 5.48 Å². The standard InChI is InChI=1S/C32H30ClN3O6/c33-24-15-14-23-13-12-22-8-4-5-11-26(22)36(27(23)20-24)19-7-6-18-34-21-28-31(41-30(38)17-16-29(37)40-28)32(39)35-42-25-9-2-1-3-10-25/h1-5,8-11,14-17,20,34H,6-7,12-13,18-19,21H2,(H,35,39)/b17-16-,31-28+. The molecule has 0 aliphatic carbocycles. The summed E-state index contributed by atoms with van der Waals surface area (Å²) in [5, 5.41) is 3.88. The van der Waals surface area contributed by atoms with Crippen molar-refractivity contribution in [1.29, 1.82) is 0 Å². The average molecular weight is 588 g/mol. The maximum atomic E-state index is 12.8. The van der Waals surface area contributed by atoms with E-state index in [2.05, 4.69) is 40.0 Å². The number of anilines is 2. The van der Waals surface area contributed by atoms with Gasteiger partial charge in [-0.25, -0.2) is 9.59 Å². The SMILES string of the molecule is O=C1/C=C\C(=O)O/C(C(=O)NOc2ccccc2)=C(\CNCCCCN2c3ccccc3CCc3ccc(Cl)cc32)O1. The Labute approximate surface area is 248 Å². The summed E-state index contributed by atoms with van der Waals surface area (Å²) in [6.07, 6.45) is 5.38. The number of esters is 2. The zero-order chi connectivity index (χ0) is 29.3. The predicted octanol–water partition coefficient (Wildman–Crippen LogP) is 4.92. The fourth-order valence-electron chi connectivity index (χ4n) is 4.81. The summed E-state index contributed by atoms with van der Waals surface area (Å²) in [4.78, 5) is 44.7. The minimum Gasteiger partial charge on any atom is -0.422 e. The minimum atomic E-state index is -0.882. The van der Waals surface area contributed by atoms with Gasteiger partial charge in [0.2, 0.25) is 5.76 Å². The van der Waals surface area contributed by atoms with Crippen LogP contribution in [0.5, 0.6) is 5.75 Å². The van der Waals surface area contributed by atoms with Crippen LogP contribution in [0.25, 0.3) is 0 Å². The number of unbranched alkanes of at least 4 members (excludes halogenated alkanes) is 1. The van der Waals surface area contributed by atoms with Gasteiger partial charge in [-0.05, 0) is 73.7 Å². The number of nitrogens with one attached hydrogen (secondary N) is 2. The Hall–Kier alpha value is -4.60. The Kier molecular flexibility index (Phi) is 9.53. The van der Waals surface area contributed by atoms with Crippen LogP contribution in [-0.4, -0.2) is 37.5 Å². The number of cyclic esters (lactones) is 2. The first-order valence-electron chi connectivity index (χ1n) is 13.7. The summed E-state index contributed by atoms with van der Waals surface area (Å²) in [6.45, 7) is 1.31. The van der Waals surface area contributed by atoms with E-state index in [1.165, 1.54) is 16.8 Å². The van der Waals surface area contributed by atoms with Crippen LogP contribution in [-0.2, 0) is 36.7 Å². The fourth-order valence-corrected chi connectivity index (χ4v) is 4.97. The molecule has 5 rings (SSSR count).